The quantitative estimate of drug-likeness (QED) is 0.407. The standard InChI is InChI=1S/C21H18ClFN6O2/c1-31-18-9-17-14(8-13(18)10-26-19(30)11-25-7-3-6-24)21(28-12-27-17)29-16-5-2-4-15(22)20(16)23/h2,4-5,8-9,11-12H,3,7,10H2,1H3,(H,26,30)(H,27,28,29). The van der Waals surface area contributed by atoms with Crippen LogP contribution in [0.1, 0.15) is 12.0 Å². The number of benzene rings is 2. The van der Waals surface area contributed by atoms with Crippen LogP contribution in [-0.2, 0) is 11.3 Å². The van der Waals surface area contributed by atoms with Crippen molar-refractivity contribution >= 4 is 46.1 Å². The summed E-state index contributed by atoms with van der Waals surface area (Å²) < 4.78 is 19.7. The van der Waals surface area contributed by atoms with E-state index >= 15 is 0 Å². The number of fused-ring (bicyclic) bond motifs is 1. The van der Waals surface area contributed by atoms with E-state index in [-0.39, 0.29) is 30.2 Å². The molecule has 0 atom stereocenters. The molecule has 0 saturated heterocycles. The summed E-state index contributed by atoms with van der Waals surface area (Å²) in [7, 11) is 1.51. The normalized spacial score (nSPS) is 10.8. The van der Waals surface area contributed by atoms with Crippen molar-refractivity contribution < 1.29 is 13.9 Å². The third-order valence-corrected chi connectivity index (χ3v) is 4.55. The topological polar surface area (TPSA) is 112 Å². The van der Waals surface area contributed by atoms with E-state index in [2.05, 4.69) is 25.6 Å². The number of nitriles is 1. The highest BCUT2D eigenvalue weighted by Crippen LogP contribution is 2.31. The molecule has 0 aliphatic rings. The summed E-state index contributed by atoms with van der Waals surface area (Å²) in [6.45, 7) is 0.414. The average Bonchev–Trinajstić information content (AvgIpc) is 2.78. The van der Waals surface area contributed by atoms with Gasteiger partial charge in [-0.1, -0.05) is 17.7 Å². The van der Waals surface area contributed by atoms with Gasteiger partial charge in [0.05, 0.1) is 48.6 Å². The second-order valence-corrected chi connectivity index (χ2v) is 6.70. The summed E-state index contributed by atoms with van der Waals surface area (Å²) >= 11 is 5.86. The summed E-state index contributed by atoms with van der Waals surface area (Å²) in [4.78, 5) is 24.3. The zero-order chi connectivity index (χ0) is 22.2. The van der Waals surface area contributed by atoms with Crippen molar-refractivity contribution in [3.05, 3.63) is 53.1 Å². The summed E-state index contributed by atoms with van der Waals surface area (Å²) in [5, 5.41) is 14.7. The molecule has 0 aliphatic heterocycles. The number of hydrogen-bond donors (Lipinski definition) is 2. The largest absolute Gasteiger partial charge is 0.496 e. The minimum atomic E-state index is -0.590. The predicted octanol–water partition coefficient (Wildman–Crippen LogP) is 3.78. The van der Waals surface area contributed by atoms with Crippen molar-refractivity contribution in [1.82, 2.24) is 15.3 Å². The molecule has 3 rings (SSSR count). The van der Waals surface area contributed by atoms with Gasteiger partial charge in [0, 0.05) is 23.6 Å². The van der Waals surface area contributed by atoms with Gasteiger partial charge in [-0.2, -0.15) is 5.26 Å². The highest BCUT2D eigenvalue weighted by atomic mass is 35.5. The lowest BCUT2D eigenvalue weighted by molar-refractivity contribution is -0.114. The van der Waals surface area contributed by atoms with Crippen molar-refractivity contribution in [2.45, 2.75) is 13.0 Å². The van der Waals surface area contributed by atoms with Crippen LogP contribution in [0, 0.1) is 17.1 Å². The van der Waals surface area contributed by atoms with Gasteiger partial charge in [0.1, 0.15) is 17.9 Å². The number of carbonyl (C=O) groups is 1. The number of aliphatic imine (C=N–C) groups is 1. The number of rotatable bonds is 8. The maximum absolute atomic E-state index is 14.3. The summed E-state index contributed by atoms with van der Waals surface area (Å²) in [5.41, 5.74) is 1.41. The van der Waals surface area contributed by atoms with E-state index in [4.69, 9.17) is 21.6 Å². The average molecular weight is 441 g/mol. The Morgan fingerprint density at radius 1 is 1.39 bits per heavy atom. The number of amides is 1. The van der Waals surface area contributed by atoms with Crippen molar-refractivity contribution in [2.24, 2.45) is 4.99 Å². The molecule has 10 heteroatoms. The van der Waals surface area contributed by atoms with Gasteiger partial charge in [-0.05, 0) is 18.2 Å². The number of hydrogen-bond acceptors (Lipinski definition) is 7. The molecule has 31 heavy (non-hydrogen) atoms. The lowest BCUT2D eigenvalue weighted by atomic mass is 10.1. The molecular formula is C21H18ClFN6O2. The van der Waals surface area contributed by atoms with Crippen LogP contribution >= 0.6 is 11.6 Å². The van der Waals surface area contributed by atoms with Gasteiger partial charge in [0.2, 0.25) is 0 Å². The Kier molecular flexibility index (Phi) is 7.30. The van der Waals surface area contributed by atoms with E-state index < -0.39 is 11.7 Å². The fraction of sp³-hybridized carbons (Fsp3) is 0.190. The van der Waals surface area contributed by atoms with Crippen LogP contribution in [0.25, 0.3) is 10.9 Å². The minimum Gasteiger partial charge on any atom is -0.496 e. The zero-order valence-electron chi connectivity index (χ0n) is 16.5. The monoisotopic (exact) mass is 440 g/mol. The number of halogens is 2. The van der Waals surface area contributed by atoms with E-state index in [1.807, 2.05) is 6.07 Å². The smallest absolute Gasteiger partial charge is 0.262 e. The first-order valence-electron chi connectivity index (χ1n) is 9.20. The van der Waals surface area contributed by atoms with Crippen molar-refractivity contribution in [3.8, 4) is 11.8 Å². The molecule has 0 bridgehead atoms. The summed E-state index contributed by atoms with van der Waals surface area (Å²) in [6.07, 6.45) is 2.74. The Labute approximate surface area is 182 Å². The maximum atomic E-state index is 14.3. The Balaban J connectivity index is 1.88. The number of carbonyl (C=O) groups excluding carboxylic acids is 1. The van der Waals surface area contributed by atoms with E-state index in [9.17, 15) is 9.18 Å². The molecule has 1 amide bonds. The van der Waals surface area contributed by atoms with E-state index in [0.717, 1.165) is 6.21 Å². The zero-order valence-corrected chi connectivity index (χ0v) is 17.3. The molecule has 0 spiro atoms. The van der Waals surface area contributed by atoms with Gasteiger partial charge in [0.25, 0.3) is 5.91 Å². The predicted molar refractivity (Wildman–Crippen MR) is 116 cm³/mol. The second-order valence-electron chi connectivity index (χ2n) is 6.29. The Morgan fingerprint density at radius 3 is 3.00 bits per heavy atom. The van der Waals surface area contributed by atoms with Gasteiger partial charge < -0.3 is 15.4 Å². The van der Waals surface area contributed by atoms with Crippen molar-refractivity contribution in [1.29, 1.82) is 5.26 Å². The minimum absolute atomic E-state index is 0.00938. The summed E-state index contributed by atoms with van der Waals surface area (Å²) in [5.74, 6) is -0.0939. The van der Waals surface area contributed by atoms with Gasteiger partial charge in [0.15, 0.2) is 5.82 Å². The van der Waals surface area contributed by atoms with E-state index in [1.54, 1.807) is 24.3 Å². The van der Waals surface area contributed by atoms with E-state index in [0.29, 0.717) is 28.0 Å². The Morgan fingerprint density at radius 2 is 2.23 bits per heavy atom. The molecule has 0 saturated carbocycles. The van der Waals surface area contributed by atoms with Gasteiger partial charge in [-0.25, -0.2) is 14.4 Å². The molecule has 158 valence electrons. The molecule has 1 heterocycles. The molecule has 2 aromatic carbocycles. The first-order valence-corrected chi connectivity index (χ1v) is 9.58. The fourth-order valence-electron chi connectivity index (χ4n) is 2.77. The number of nitrogens with zero attached hydrogens (tertiary/aromatic N) is 4. The lowest BCUT2D eigenvalue weighted by Crippen LogP contribution is -2.24. The molecular weight excluding hydrogens is 423 g/mol. The number of methoxy groups -OCH3 is 1. The highest BCUT2D eigenvalue weighted by Gasteiger charge is 2.13. The summed E-state index contributed by atoms with van der Waals surface area (Å²) in [6, 6.07) is 10.0. The third kappa shape index (κ3) is 5.43. The fourth-order valence-corrected chi connectivity index (χ4v) is 2.95. The Bertz CT molecular complexity index is 1180. The van der Waals surface area contributed by atoms with Crippen LogP contribution in [0.2, 0.25) is 5.02 Å². The van der Waals surface area contributed by atoms with Crippen molar-refractivity contribution in [3.63, 3.8) is 0 Å². The molecule has 8 nitrogen and oxygen atoms in total. The molecule has 1 aromatic heterocycles. The number of nitrogens with one attached hydrogen (secondary N) is 2. The lowest BCUT2D eigenvalue weighted by Gasteiger charge is -2.13. The first-order chi connectivity index (χ1) is 15.0. The number of aromatic nitrogens is 2. The first kappa shape index (κ1) is 21.9. The molecule has 0 aliphatic carbocycles. The van der Waals surface area contributed by atoms with Gasteiger partial charge in [-0.3, -0.25) is 9.79 Å². The van der Waals surface area contributed by atoms with E-state index in [1.165, 1.54) is 19.5 Å². The third-order valence-electron chi connectivity index (χ3n) is 4.26. The van der Waals surface area contributed by atoms with Crippen molar-refractivity contribution in [2.75, 3.05) is 19.0 Å². The highest BCUT2D eigenvalue weighted by molar-refractivity contribution is 6.31. The number of ether oxygens (including phenoxy) is 1. The second kappa shape index (κ2) is 10.3. The Hall–Kier alpha value is -3.77. The maximum Gasteiger partial charge on any atom is 0.262 e. The molecule has 2 N–H and O–H groups in total. The molecule has 3 aromatic rings. The van der Waals surface area contributed by atoms with Crippen LogP contribution < -0.4 is 15.4 Å². The van der Waals surface area contributed by atoms with Crippen LogP contribution in [-0.4, -0.2) is 35.7 Å². The van der Waals surface area contributed by atoms with Crippen LogP contribution in [0.4, 0.5) is 15.9 Å². The SMILES string of the molecule is COc1cc2ncnc(Nc3cccc(Cl)c3F)c2cc1CNC(=O)C=NCCC#N. The van der Waals surface area contributed by atoms with Crippen LogP contribution in [0.3, 0.4) is 0 Å². The van der Waals surface area contributed by atoms with Crippen LogP contribution in [0.5, 0.6) is 5.75 Å². The van der Waals surface area contributed by atoms with Gasteiger partial charge >= 0.3 is 0 Å². The van der Waals surface area contributed by atoms with Gasteiger partial charge in [-0.15, -0.1) is 0 Å². The molecule has 0 unspecified atom stereocenters. The molecule has 0 radical (unpaired) electrons. The molecule has 0 fully saturated rings. The van der Waals surface area contributed by atoms with Crippen LogP contribution in [0.15, 0.2) is 41.7 Å². The number of anilines is 2.